The second-order valence-corrected chi connectivity index (χ2v) is 7.46. The van der Waals surface area contributed by atoms with Gasteiger partial charge in [-0.15, -0.1) is 0 Å². The molecule has 2 aromatic rings. The summed E-state index contributed by atoms with van der Waals surface area (Å²) in [6, 6.07) is 9.37. The number of nitrogens with zero attached hydrogens (tertiary/aromatic N) is 1. The fraction of sp³-hybridized carbons (Fsp3) is 0.316. The number of hydrogen-bond donors (Lipinski definition) is 1. The van der Waals surface area contributed by atoms with Crippen molar-refractivity contribution < 1.29 is 14.5 Å². The summed E-state index contributed by atoms with van der Waals surface area (Å²) >= 11 is 6.08. The van der Waals surface area contributed by atoms with E-state index in [1.54, 1.807) is 0 Å². The van der Waals surface area contributed by atoms with Crippen LogP contribution in [0.2, 0.25) is 5.02 Å². The third kappa shape index (κ3) is 3.65. The molecular weight excluding hydrogens is 356 g/mol. The fourth-order valence-corrected chi connectivity index (χ4v) is 3.33. The molecule has 0 radical (unpaired) electrons. The van der Waals surface area contributed by atoms with Gasteiger partial charge < -0.3 is 10.1 Å². The van der Waals surface area contributed by atoms with Crippen LogP contribution in [-0.2, 0) is 0 Å². The van der Waals surface area contributed by atoms with Gasteiger partial charge in [-0.25, -0.2) is 0 Å². The lowest BCUT2D eigenvalue weighted by atomic mass is 9.89. The van der Waals surface area contributed by atoms with Crippen LogP contribution in [0.3, 0.4) is 0 Å². The van der Waals surface area contributed by atoms with Gasteiger partial charge in [-0.05, 0) is 38.5 Å². The van der Waals surface area contributed by atoms with Gasteiger partial charge in [0.15, 0.2) is 0 Å². The van der Waals surface area contributed by atoms with E-state index in [-0.39, 0.29) is 22.3 Å². The summed E-state index contributed by atoms with van der Waals surface area (Å²) in [5.74, 6) is 0.282. The Morgan fingerprint density at radius 3 is 2.73 bits per heavy atom. The number of nitro groups is 1. The average molecular weight is 375 g/mol. The molecule has 1 heterocycles. The first-order valence-electron chi connectivity index (χ1n) is 8.21. The van der Waals surface area contributed by atoms with Gasteiger partial charge in [0.2, 0.25) is 0 Å². The molecule has 6 nitrogen and oxygen atoms in total. The van der Waals surface area contributed by atoms with Crippen molar-refractivity contribution in [3.05, 3.63) is 68.2 Å². The van der Waals surface area contributed by atoms with Crippen molar-refractivity contribution in [2.75, 3.05) is 0 Å². The van der Waals surface area contributed by atoms with E-state index in [4.69, 9.17) is 16.3 Å². The number of nitrogens with one attached hydrogen (secondary N) is 1. The summed E-state index contributed by atoms with van der Waals surface area (Å²) in [6.07, 6.45) is 0.571. The summed E-state index contributed by atoms with van der Waals surface area (Å²) in [5, 5.41) is 14.1. The van der Waals surface area contributed by atoms with Gasteiger partial charge in [0.1, 0.15) is 11.4 Å². The largest absolute Gasteiger partial charge is 0.487 e. The monoisotopic (exact) mass is 374 g/mol. The first-order valence-corrected chi connectivity index (χ1v) is 8.58. The van der Waals surface area contributed by atoms with Crippen molar-refractivity contribution >= 4 is 23.2 Å². The van der Waals surface area contributed by atoms with Gasteiger partial charge in [0.25, 0.3) is 11.6 Å². The highest BCUT2D eigenvalue weighted by molar-refractivity contribution is 6.34. The van der Waals surface area contributed by atoms with E-state index in [1.807, 2.05) is 39.0 Å². The Hall–Kier alpha value is -2.60. The van der Waals surface area contributed by atoms with E-state index in [9.17, 15) is 14.9 Å². The van der Waals surface area contributed by atoms with Crippen LogP contribution in [0.25, 0.3) is 0 Å². The van der Waals surface area contributed by atoms with E-state index >= 15 is 0 Å². The summed E-state index contributed by atoms with van der Waals surface area (Å²) in [5.41, 5.74) is 1.39. The lowest BCUT2D eigenvalue weighted by Gasteiger charge is -2.38. The molecule has 0 bridgehead atoms. The number of benzene rings is 2. The molecule has 1 atom stereocenters. The second-order valence-electron chi connectivity index (χ2n) is 7.05. The molecule has 3 rings (SSSR count). The first kappa shape index (κ1) is 18.2. The van der Waals surface area contributed by atoms with Gasteiger partial charge in [-0.1, -0.05) is 23.7 Å². The zero-order chi connectivity index (χ0) is 19.1. The maximum atomic E-state index is 12.7. The van der Waals surface area contributed by atoms with Crippen LogP contribution in [0.5, 0.6) is 5.75 Å². The lowest BCUT2D eigenvalue weighted by Crippen LogP contribution is -2.41. The van der Waals surface area contributed by atoms with Crippen LogP contribution >= 0.6 is 11.6 Å². The Morgan fingerprint density at radius 2 is 2.04 bits per heavy atom. The maximum Gasteiger partial charge on any atom is 0.270 e. The van der Waals surface area contributed by atoms with Gasteiger partial charge in [-0.3, -0.25) is 14.9 Å². The number of aryl methyl sites for hydroxylation is 1. The number of fused-ring (bicyclic) bond motifs is 1. The van der Waals surface area contributed by atoms with E-state index < -0.39 is 16.4 Å². The van der Waals surface area contributed by atoms with Crippen LogP contribution in [0, 0.1) is 17.0 Å². The number of halogens is 1. The van der Waals surface area contributed by atoms with Crippen LogP contribution < -0.4 is 10.1 Å². The van der Waals surface area contributed by atoms with Crippen molar-refractivity contribution in [2.24, 2.45) is 0 Å². The molecule has 1 aliphatic heterocycles. The van der Waals surface area contributed by atoms with Gasteiger partial charge in [0.05, 0.1) is 21.6 Å². The van der Waals surface area contributed by atoms with E-state index in [0.717, 1.165) is 16.9 Å². The molecule has 1 aliphatic rings. The molecule has 0 saturated heterocycles. The molecule has 0 spiro atoms. The molecule has 2 aromatic carbocycles. The predicted molar refractivity (Wildman–Crippen MR) is 98.8 cm³/mol. The number of hydrogen-bond acceptors (Lipinski definition) is 4. The Labute approximate surface area is 156 Å². The van der Waals surface area contributed by atoms with Gasteiger partial charge in [-0.2, -0.15) is 0 Å². The van der Waals surface area contributed by atoms with E-state index in [0.29, 0.717) is 6.42 Å². The number of rotatable bonds is 3. The van der Waals surface area contributed by atoms with E-state index in [2.05, 4.69) is 5.32 Å². The summed E-state index contributed by atoms with van der Waals surface area (Å²) in [6.45, 7) is 5.89. The SMILES string of the molecule is Cc1ccc2c(c1)OC(C)(C)CC2NC(=O)c1cc([N+](=O)[O-])ccc1Cl. The minimum absolute atomic E-state index is 0.0822. The Morgan fingerprint density at radius 1 is 1.31 bits per heavy atom. The molecule has 1 amide bonds. The number of ether oxygens (including phenoxy) is 1. The quantitative estimate of drug-likeness (QED) is 0.629. The predicted octanol–water partition coefficient (Wildman–Crippen LogP) is 4.59. The molecule has 7 heteroatoms. The summed E-state index contributed by atoms with van der Waals surface area (Å²) in [7, 11) is 0. The highest BCUT2D eigenvalue weighted by atomic mass is 35.5. The molecule has 0 fully saturated rings. The van der Waals surface area contributed by atoms with Crippen molar-refractivity contribution in [3.63, 3.8) is 0 Å². The molecule has 0 saturated carbocycles. The fourth-order valence-electron chi connectivity index (χ4n) is 3.12. The van der Waals surface area contributed by atoms with Crippen molar-refractivity contribution in [1.82, 2.24) is 5.32 Å². The molecule has 1 N–H and O–H groups in total. The second kappa shape index (κ2) is 6.61. The van der Waals surface area contributed by atoms with Crippen LogP contribution in [0.1, 0.15) is 47.8 Å². The third-order valence-corrected chi connectivity index (χ3v) is 4.67. The third-order valence-electron chi connectivity index (χ3n) is 4.34. The topological polar surface area (TPSA) is 81.5 Å². The number of nitro benzene ring substituents is 1. The van der Waals surface area contributed by atoms with Gasteiger partial charge >= 0.3 is 0 Å². The highest BCUT2D eigenvalue weighted by Crippen LogP contribution is 2.40. The molecule has 0 aromatic heterocycles. The molecule has 1 unspecified atom stereocenters. The standard InChI is InChI=1S/C19H19ClN2O4/c1-11-4-6-13-16(10-19(2,3)26-17(13)8-11)21-18(23)14-9-12(22(24)25)5-7-15(14)20/h4-9,16H,10H2,1-3H3,(H,21,23). The van der Waals surface area contributed by atoms with Crippen molar-refractivity contribution in [2.45, 2.75) is 38.8 Å². The molecule has 136 valence electrons. The maximum absolute atomic E-state index is 12.7. The molecule has 0 aliphatic carbocycles. The normalized spacial score (nSPS) is 17.8. The smallest absolute Gasteiger partial charge is 0.270 e. The minimum atomic E-state index is -0.553. The molecule has 26 heavy (non-hydrogen) atoms. The van der Waals surface area contributed by atoms with Crippen molar-refractivity contribution in [1.29, 1.82) is 0 Å². The van der Waals surface area contributed by atoms with Crippen LogP contribution in [0.15, 0.2) is 36.4 Å². The van der Waals surface area contributed by atoms with Crippen LogP contribution in [-0.4, -0.2) is 16.4 Å². The average Bonchev–Trinajstić information content (AvgIpc) is 2.53. The summed E-state index contributed by atoms with van der Waals surface area (Å²) in [4.78, 5) is 23.2. The lowest BCUT2D eigenvalue weighted by molar-refractivity contribution is -0.384. The number of carbonyl (C=O) groups excluding carboxylic acids is 1. The zero-order valence-electron chi connectivity index (χ0n) is 14.7. The minimum Gasteiger partial charge on any atom is -0.487 e. The zero-order valence-corrected chi connectivity index (χ0v) is 15.5. The molecular formula is C19H19ClN2O4. The Bertz CT molecular complexity index is 895. The first-order chi connectivity index (χ1) is 12.2. The number of non-ortho nitro benzene ring substituents is 1. The number of amides is 1. The Kier molecular flexibility index (Phi) is 4.63. The van der Waals surface area contributed by atoms with Gasteiger partial charge in [0, 0.05) is 24.1 Å². The number of carbonyl (C=O) groups is 1. The van der Waals surface area contributed by atoms with Crippen molar-refractivity contribution in [3.8, 4) is 5.75 Å². The summed E-state index contributed by atoms with van der Waals surface area (Å²) < 4.78 is 6.03. The van der Waals surface area contributed by atoms with Crippen LogP contribution in [0.4, 0.5) is 5.69 Å². The van der Waals surface area contributed by atoms with E-state index in [1.165, 1.54) is 18.2 Å². The highest BCUT2D eigenvalue weighted by Gasteiger charge is 2.35. The Balaban J connectivity index is 1.93.